The summed E-state index contributed by atoms with van der Waals surface area (Å²) in [5.41, 5.74) is 4.44. The SMILES string of the molecule is O=C(CSc1nc2ccccc2c(=O)n1-c1ccc(Cl)cc1)NN=Cc1cccc2ccccc12. The number of benzene rings is 4. The number of thioether (sulfide) groups is 1. The van der Waals surface area contributed by atoms with E-state index in [0.717, 1.165) is 28.1 Å². The van der Waals surface area contributed by atoms with Gasteiger partial charge in [0, 0.05) is 10.6 Å². The van der Waals surface area contributed by atoms with E-state index in [2.05, 4.69) is 15.5 Å². The highest BCUT2D eigenvalue weighted by atomic mass is 35.5. The molecule has 0 radical (unpaired) electrons. The summed E-state index contributed by atoms with van der Waals surface area (Å²) in [6.07, 6.45) is 1.63. The summed E-state index contributed by atoms with van der Waals surface area (Å²) in [6.45, 7) is 0. The van der Waals surface area contributed by atoms with Crippen molar-refractivity contribution in [1.29, 1.82) is 0 Å². The summed E-state index contributed by atoms with van der Waals surface area (Å²) < 4.78 is 1.50. The van der Waals surface area contributed by atoms with Crippen LogP contribution in [0.5, 0.6) is 0 Å². The maximum atomic E-state index is 13.3. The maximum absolute atomic E-state index is 13.3. The average Bonchev–Trinajstić information content (AvgIpc) is 2.88. The van der Waals surface area contributed by atoms with Crippen LogP contribution in [-0.4, -0.2) is 27.4 Å². The molecule has 0 aliphatic rings. The lowest BCUT2D eigenvalue weighted by Crippen LogP contribution is -2.24. The first-order chi connectivity index (χ1) is 17.1. The Kier molecular flexibility index (Phi) is 6.61. The number of hydrogen-bond donors (Lipinski definition) is 1. The standard InChI is InChI=1S/C27H19ClN4O2S/c28-20-12-14-21(15-13-20)32-26(34)23-10-3-4-11-24(23)30-27(32)35-17-25(33)31-29-16-19-8-5-7-18-6-1-2-9-22(18)19/h1-16H,17H2,(H,31,33). The first kappa shape index (κ1) is 22.8. The Labute approximate surface area is 210 Å². The molecule has 0 spiro atoms. The van der Waals surface area contributed by atoms with Crippen LogP contribution in [0, 0.1) is 0 Å². The lowest BCUT2D eigenvalue weighted by atomic mass is 10.1. The van der Waals surface area contributed by atoms with Gasteiger partial charge in [-0.1, -0.05) is 78.0 Å². The van der Waals surface area contributed by atoms with Gasteiger partial charge in [-0.3, -0.25) is 14.2 Å². The number of fused-ring (bicyclic) bond motifs is 2. The molecule has 0 saturated carbocycles. The van der Waals surface area contributed by atoms with Crippen molar-refractivity contribution in [2.24, 2.45) is 5.10 Å². The molecule has 1 heterocycles. The van der Waals surface area contributed by atoms with Gasteiger partial charge in [0.2, 0.25) is 0 Å². The van der Waals surface area contributed by atoms with Crippen LogP contribution in [0.25, 0.3) is 27.4 Å². The van der Waals surface area contributed by atoms with Crippen molar-refractivity contribution in [1.82, 2.24) is 15.0 Å². The highest BCUT2D eigenvalue weighted by Crippen LogP contribution is 2.22. The molecule has 35 heavy (non-hydrogen) atoms. The second kappa shape index (κ2) is 10.1. The molecule has 0 bridgehead atoms. The monoisotopic (exact) mass is 498 g/mol. The molecular formula is C27H19ClN4O2S. The van der Waals surface area contributed by atoms with E-state index < -0.39 is 0 Å². The Morgan fingerprint density at radius 3 is 2.49 bits per heavy atom. The van der Waals surface area contributed by atoms with Crippen molar-refractivity contribution < 1.29 is 4.79 Å². The Bertz CT molecular complexity index is 1630. The Morgan fingerprint density at radius 1 is 0.943 bits per heavy atom. The number of hydrogen-bond acceptors (Lipinski definition) is 5. The molecule has 0 unspecified atom stereocenters. The van der Waals surface area contributed by atoms with Gasteiger partial charge in [-0.15, -0.1) is 0 Å². The van der Waals surface area contributed by atoms with Gasteiger partial charge in [-0.2, -0.15) is 5.10 Å². The van der Waals surface area contributed by atoms with Gasteiger partial charge in [0.25, 0.3) is 11.5 Å². The van der Waals surface area contributed by atoms with Gasteiger partial charge in [0.05, 0.1) is 28.6 Å². The van der Waals surface area contributed by atoms with E-state index in [1.54, 1.807) is 48.7 Å². The third kappa shape index (κ3) is 4.96. The first-order valence-electron chi connectivity index (χ1n) is 10.8. The number of nitrogens with zero attached hydrogens (tertiary/aromatic N) is 3. The second-order valence-corrected chi connectivity index (χ2v) is 9.06. The van der Waals surface area contributed by atoms with E-state index in [-0.39, 0.29) is 17.2 Å². The molecule has 0 atom stereocenters. The van der Waals surface area contributed by atoms with Crippen molar-refractivity contribution in [2.75, 3.05) is 5.75 Å². The number of hydrazone groups is 1. The van der Waals surface area contributed by atoms with E-state index in [9.17, 15) is 9.59 Å². The van der Waals surface area contributed by atoms with Crippen molar-refractivity contribution in [3.63, 3.8) is 0 Å². The molecule has 0 aliphatic carbocycles. The number of nitrogens with one attached hydrogen (secondary N) is 1. The van der Waals surface area contributed by atoms with Crippen LogP contribution < -0.4 is 11.0 Å². The third-order valence-electron chi connectivity index (χ3n) is 5.38. The first-order valence-corrected chi connectivity index (χ1v) is 12.2. The van der Waals surface area contributed by atoms with Crippen LogP contribution in [0.1, 0.15) is 5.56 Å². The summed E-state index contributed by atoms with van der Waals surface area (Å²) in [6, 6.07) is 27.9. The predicted octanol–water partition coefficient (Wildman–Crippen LogP) is 5.43. The quantitative estimate of drug-likeness (QED) is 0.146. The van der Waals surface area contributed by atoms with Gasteiger partial charge in [0.15, 0.2) is 5.16 Å². The molecule has 172 valence electrons. The predicted molar refractivity (Wildman–Crippen MR) is 143 cm³/mol. The van der Waals surface area contributed by atoms with Crippen molar-refractivity contribution in [3.05, 3.63) is 112 Å². The molecule has 0 aliphatic heterocycles. The molecule has 1 aromatic heterocycles. The molecule has 0 fully saturated rings. The zero-order chi connectivity index (χ0) is 24.2. The minimum atomic E-state index is -0.309. The van der Waals surface area contributed by atoms with Gasteiger partial charge in [-0.25, -0.2) is 10.4 Å². The van der Waals surface area contributed by atoms with Crippen LogP contribution in [0.2, 0.25) is 5.02 Å². The highest BCUT2D eigenvalue weighted by molar-refractivity contribution is 7.99. The maximum Gasteiger partial charge on any atom is 0.266 e. The van der Waals surface area contributed by atoms with Gasteiger partial charge < -0.3 is 0 Å². The fraction of sp³-hybridized carbons (Fsp3) is 0.0370. The van der Waals surface area contributed by atoms with Crippen molar-refractivity contribution in [3.8, 4) is 5.69 Å². The van der Waals surface area contributed by atoms with Gasteiger partial charge in [0.1, 0.15) is 0 Å². The van der Waals surface area contributed by atoms with Crippen molar-refractivity contribution >= 4 is 57.2 Å². The van der Waals surface area contributed by atoms with E-state index in [0.29, 0.717) is 26.8 Å². The zero-order valence-electron chi connectivity index (χ0n) is 18.4. The van der Waals surface area contributed by atoms with Crippen LogP contribution in [0.3, 0.4) is 0 Å². The van der Waals surface area contributed by atoms with E-state index in [1.807, 2.05) is 48.5 Å². The van der Waals surface area contributed by atoms with Gasteiger partial charge in [-0.05, 0) is 47.2 Å². The number of carbonyl (C=O) groups is 1. The van der Waals surface area contributed by atoms with Crippen LogP contribution in [0.4, 0.5) is 0 Å². The molecule has 6 nitrogen and oxygen atoms in total. The lowest BCUT2D eigenvalue weighted by molar-refractivity contribution is -0.118. The molecule has 1 amide bonds. The number of carbonyl (C=O) groups excluding carboxylic acids is 1. The lowest BCUT2D eigenvalue weighted by Gasteiger charge is -2.13. The normalized spacial score (nSPS) is 11.3. The Balaban J connectivity index is 1.37. The van der Waals surface area contributed by atoms with E-state index >= 15 is 0 Å². The molecule has 0 saturated heterocycles. The molecule has 5 rings (SSSR count). The summed E-state index contributed by atoms with van der Waals surface area (Å²) in [7, 11) is 0. The summed E-state index contributed by atoms with van der Waals surface area (Å²) in [5.74, 6) is -0.276. The fourth-order valence-electron chi connectivity index (χ4n) is 3.73. The number of para-hydroxylation sites is 1. The zero-order valence-corrected chi connectivity index (χ0v) is 20.0. The average molecular weight is 499 g/mol. The summed E-state index contributed by atoms with van der Waals surface area (Å²) >= 11 is 7.19. The molecule has 4 aromatic carbocycles. The smallest absolute Gasteiger partial charge is 0.266 e. The minimum Gasteiger partial charge on any atom is -0.272 e. The minimum absolute atomic E-state index is 0.0330. The van der Waals surface area contributed by atoms with Crippen LogP contribution in [-0.2, 0) is 4.79 Å². The summed E-state index contributed by atoms with van der Waals surface area (Å²) in [5, 5.41) is 7.73. The molecular weight excluding hydrogens is 480 g/mol. The van der Waals surface area contributed by atoms with Gasteiger partial charge >= 0.3 is 0 Å². The number of halogens is 1. The van der Waals surface area contributed by atoms with E-state index in [1.165, 1.54) is 4.57 Å². The van der Waals surface area contributed by atoms with Crippen LogP contribution in [0.15, 0.2) is 106 Å². The Hall–Kier alpha value is -3.94. The molecule has 8 heteroatoms. The number of aromatic nitrogens is 2. The molecule has 5 aromatic rings. The number of rotatable bonds is 6. The highest BCUT2D eigenvalue weighted by Gasteiger charge is 2.14. The fourth-order valence-corrected chi connectivity index (χ4v) is 4.66. The van der Waals surface area contributed by atoms with E-state index in [4.69, 9.17) is 11.6 Å². The third-order valence-corrected chi connectivity index (χ3v) is 6.57. The number of amides is 1. The summed E-state index contributed by atoms with van der Waals surface area (Å²) in [4.78, 5) is 30.4. The van der Waals surface area contributed by atoms with Crippen LogP contribution >= 0.6 is 23.4 Å². The van der Waals surface area contributed by atoms with Crippen molar-refractivity contribution in [2.45, 2.75) is 5.16 Å². The largest absolute Gasteiger partial charge is 0.272 e. The second-order valence-electron chi connectivity index (χ2n) is 7.68. The molecule has 1 N–H and O–H groups in total. The topological polar surface area (TPSA) is 76.3 Å². The Morgan fingerprint density at radius 2 is 1.66 bits per heavy atom.